The molecule has 0 radical (unpaired) electrons. The Morgan fingerprint density at radius 2 is 2.36 bits per heavy atom. The van der Waals surface area contributed by atoms with Crippen LogP contribution in [-0.4, -0.2) is 23.1 Å². The van der Waals surface area contributed by atoms with E-state index in [1.54, 1.807) is 17.1 Å². The molecule has 1 saturated heterocycles. The Kier molecular flexibility index (Phi) is 2.23. The summed E-state index contributed by atoms with van der Waals surface area (Å²) in [6.45, 7) is 4.13. The van der Waals surface area contributed by atoms with Gasteiger partial charge in [-0.3, -0.25) is 9.59 Å². The van der Waals surface area contributed by atoms with Gasteiger partial charge >= 0.3 is 0 Å². The number of amides is 1. The first-order chi connectivity index (χ1) is 6.72. The number of likely N-dealkylation sites (tertiary alicyclic amines) is 1. The molecule has 0 aromatic heterocycles. The predicted molar refractivity (Wildman–Crippen MR) is 52.3 cm³/mol. The largest absolute Gasteiger partial charge is 0.312 e. The van der Waals surface area contributed by atoms with Gasteiger partial charge in [-0.15, -0.1) is 6.58 Å². The van der Waals surface area contributed by atoms with Crippen LogP contribution in [0.5, 0.6) is 0 Å². The summed E-state index contributed by atoms with van der Waals surface area (Å²) in [6.07, 6.45) is 5.29. The molecule has 1 fully saturated rings. The van der Waals surface area contributed by atoms with E-state index in [0.29, 0.717) is 19.4 Å². The van der Waals surface area contributed by atoms with Gasteiger partial charge in [0, 0.05) is 37.1 Å². The lowest BCUT2D eigenvalue weighted by Gasteiger charge is -2.21. The van der Waals surface area contributed by atoms with Crippen LogP contribution in [-0.2, 0) is 9.59 Å². The van der Waals surface area contributed by atoms with Gasteiger partial charge in [0.2, 0.25) is 5.91 Å². The molecule has 0 aromatic rings. The zero-order valence-electron chi connectivity index (χ0n) is 8.03. The number of hydrogen-bond acceptors (Lipinski definition) is 2. The van der Waals surface area contributed by atoms with Crippen molar-refractivity contribution in [1.82, 2.24) is 4.90 Å². The Bertz CT molecular complexity index is 330. The monoisotopic (exact) mass is 191 g/mol. The molecule has 3 nitrogen and oxygen atoms in total. The van der Waals surface area contributed by atoms with Crippen molar-refractivity contribution in [2.75, 3.05) is 6.54 Å². The first-order valence-corrected chi connectivity index (χ1v) is 4.88. The molecular formula is C11H13NO2. The van der Waals surface area contributed by atoms with Gasteiger partial charge in [0.05, 0.1) is 0 Å². The van der Waals surface area contributed by atoms with Crippen molar-refractivity contribution < 1.29 is 9.59 Å². The second kappa shape index (κ2) is 3.40. The molecule has 0 spiro atoms. The third-order valence-corrected chi connectivity index (χ3v) is 2.81. The molecule has 0 bridgehead atoms. The van der Waals surface area contributed by atoms with Gasteiger partial charge in [0.25, 0.3) is 0 Å². The molecule has 3 heteroatoms. The number of ketones is 1. The SMILES string of the molecule is C=CCN1C(=O)CC2CCC(=O)C=C21. The van der Waals surface area contributed by atoms with Gasteiger partial charge in [0.15, 0.2) is 5.78 Å². The number of allylic oxidation sites excluding steroid dienone is 2. The molecule has 14 heavy (non-hydrogen) atoms. The maximum absolute atomic E-state index is 11.6. The van der Waals surface area contributed by atoms with Crippen molar-refractivity contribution in [2.45, 2.75) is 19.3 Å². The highest BCUT2D eigenvalue weighted by Gasteiger charge is 2.36. The summed E-state index contributed by atoms with van der Waals surface area (Å²) < 4.78 is 0. The Balaban J connectivity index is 2.28. The van der Waals surface area contributed by atoms with E-state index >= 15 is 0 Å². The summed E-state index contributed by atoms with van der Waals surface area (Å²) in [5.41, 5.74) is 0.908. The first kappa shape index (κ1) is 9.19. The fourth-order valence-corrected chi connectivity index (χ4v) is 2.13. The summed E-state index contributed by atoms with van der Waals surface area (Å²) in [7, 11) is 0. The van der Waals surface area contributed by atoms with Crippen LogP contribution in [0.25, 0.3) is 0 Å². The highest BCUT2D eigenvalue weighted by Crippen LogP contribution is 2.35. The van der Waals surface area contributed by atoms with E-state index in [1.165, 1.54) is 0 Å². The van der Waals surface area contributed by atoms with Crippen LogP contribution in [0.3, 0.4) is 0 Å². The van der Waals surface area contributed by atoms with Crippen LogP contribution in [0.1, 0.15) is 19.3 Å². The van der Waals surface area contributed by atoms with E-state index < -0.39 is 0 Å². The van der Waals surface area contributed by atoms with Gasteiger partial charge < -0.3 is 4.90 Å². The van der Waals surface area contributed by atoms with E-state index in [9.17, 15) is 9.59 Å². The number of carbonyl (C=O) groups is 2. The quantitative estimate of drug-likeness (QED) is 0.616. The third-order valence-electron chi connectivity index (χ3n) is 2.81. The molecule has 1 heterocycles. The normalized spacial score (nSPS) is 26.1. The second-order valence-electron chi connectivity index (χ2n) is 3.77. The lowest BCUT2D eigenvalue weighted by molar-refractivity contribution is -0.126. The number of rotatable bonds is 2. The van der Waals surface area contributed by atoms with Crippen molar-refractivity contribution in [3.63, 3.8) is 0 Å². The minimum Gasteiger partial charge on any atom is -0.312 e. The van der Waals surface area contributed by atoms with Crippen LogP contribution < -0.4 is 0 Å². The van der Waals surface area contributed by atoms with Crippen molar-refractivity contribution in [1.29, 1.82) is 0 Å². The molecule has 1 aliphatic carbocycles. The first-order valence-electron chi connectivity index (χ1n) is 4.88. The second-order valence-corrected chi connectivity index (χ2v) is 3.77. The molecule has 2 rings (SSSR count). The van der Waals surface area contributed by atoms with Crippen LogP contribution in [0.15, 0.2) is 24.4 Å². The minimum atomic E-state index is 0.121. The van der Waals surface area contributed by atoms with E-state index in [4.69, 9.17) is 0 Å². The molecule has 0 N–H and O–H groups in total. The van der Waals surface area contributed by atoms with Gasteiger partial charge in [-0.1, -0.05) is 6.08 Å². The fraction of sp³-hybridized carbons (Fsp3) is 0.455. The molecule has 1 unspecified atom stereocenters. The summed E-state index contributed by atoms with van der Waals surface area (Å²) in [4.78, 5) is 24.5. The summed E-state index contributed by atoms with van der Waals surface area (Å²) in [6, 6.07) is 0. The van der Waals surface area contributed by atoms with Crippen molar-refractivity contribution in [3.05, 3.63) is 24.4 Å². The molecule has 0 aromatic carbocycles. The van der Waals surface area contributed by atoms with Crippen LogP contribution in [0.4, 0.5) is 0 Å². The van der Waals surface area contributed by atoms with E-state index in [1.807, 2.05) is 0 Å². The molecule has 1 amide bonds. The van der Waals surface area contributed by atoms with E-state index in [-0.39, 0.29) is 17.6 Å². The highest BCUT2D eigenvalue weighted by atomic mass is 16.2. The Labute approximate surface area is 83.1 Å². The maximum Gasteiger partial charge on any atom is 0.227 e. The van der Waals surface area contributed by atoms with E-state index in [2.05, 4.69) is 6.58 Å². The minimum absolute atomic E-state index is 0.121. The molecule has 74 valence electrons. The molecule has 2 aliphatic rings. The van der Waals surface area contributed by atoms with Gasteiger partial charge in [0.1, 0.15) is 0 Å². The highest BCUT2D eigenvalue weighted by molar-refractivity contribution is 5.94. The summed E-state index contributed by atoms with van der Waals surface area (Å²) in [5, 5.41) is 0. The number of hydrogen-bond donors (Lipinski definition) is 0. The number of nitrogens with zero attached hydrogens (tertiary/aromatic N) is 1. The molecule has 1 atom stereocenters. The van der Waals surface area contributed by atoms with Crippen molar-refractivity contribution in [2.24, 2.45) is 5.92 Å². The van der Waals surface area contributed by atoms with Crippen LogP contribution in [0, 0.1) is 5.92 Å². The third kappa shape index (κ3) is 1.39. The van der Waals surface area contributed by atoms with Gasteiger partial charge in [-0.05, 0) is 6.42 Å². The number of carbonyl (C=O) groups excluding carboxylic acids is 2. The smallest absolute Gasteiger partial charge is 0.227 e. The maximum atomic E-state index is 11.6. The summed E-state index contributed by atoms with van der Waals surface area (Å²) in [5.74, 6) is 0.538. The van der Waals surface area contributed by atoms with Crippen LogP contribution >= 0.6 is 0 Å². The Hall–Kier alpha value is -1.38. The topological polar surface area (TPSA) is 37.4 Å². The average molecular weight is 191 g/mol. The predicted octanol–water partition coefficient (Wildman–Crippen LogP) is 1.27. The zero-order chi connectivity index (χ0) is 10.1. The van der Waals surface area contributed by atoms with Crippen molar-refractivity contribution in [3.8, 4) is 0 Å². The zero-order valence-corrected chi connectivity index (χ0v) is 8.03. The molecular weight excluding hydrogens is 178 g/mol. The fourth-order valence-electron chi connectivity index (χ4n) is 2.13. The van der Waals surface area contributed by atoms with Gasteiger partial charge in [-0.2, -0.15) is 0 Å². The molecule has 0 saturated carbocycles. The standard InChI is InChI=1S/C11H13NO2/c1-2-5-12-10-7-9(13)4-3-8(10)6-11(12)14/h2,7-8H,1,3-6H2. The van der Waals surface area contributed by atoms with Crippen molar-refractivity contribution >= 4 is 11.7 Å². The number of fused-ring (bicyclic) bond motifs is 1. The Morgan fingerprint density at radius 3 is 3.07 bits per heavy atom. The van der Waals surface area contributed by atoms with Gasteiger partial charge in [-0.25, -0.2) is 0 Å². The van der Waals surface area contributed by atoms with Crippen LogP contribution in [0.2, 0.25) is 0 Å². The Morgan fingerprint density at radius 1 is 1.57 bits per heavy atom. The lowest BCUT2D eigenvalue weighted by atomic mass is 9.92. The average Bonchev–Trinajstić information content (AvgIpc) is 2.45. The molecule has 1 aliphatic heterocycles. The summed E-state index contributed by atoms with van der Waals surface area (Å²) >= 11 is 0. The lowest BCUT2D eigenvalue weighted by Crippen LogP contribution is -2.25. The van der Waals surface area contributed by atoms with E-state index in [0.717, 1.165) is 12.1 Å².